The second kappa shape index (κ2) is 6.43. The van der Waals surface area contributed by atoms with E-state index in [2.05, 4.69) is 38.6 Å². The second-order valence-electron chi connectivity index (χ2n) is 9.29. The van der Waals surface area contributed by atoms with Crippen molar-refractivity contribution in [1.82, 2.24) is 0 Å². The van der Waals surface area contributed by atoms with Crippen LogP contribution in [0, 0.1) is 34.5 Å². The van der Waals surface area contributed by atoms with E-state index >= 15 is 0 Å². The van der Waals surface area contributed by atoms with Crippen molar-refractivity contribution in [3.8, 4) is 0 Å². The molecular weight excluding hydrogens is 308 g/mol. The predicted octanol–water partition coefficient (Wildman–Crippen LogP) is 5.81. The Morgan fingerprint density at radius 2 is 2.04 bits per heavy atom. The molecule has 2 radical (unpaired) electrons. The van der Waals surface area contributed by atoms with E-state index in [1.165, 1.54) is 51.4 Å². The van der Waals surface area contributed by atoms with E-state index in [1.807, 2.05) is 0 Å². The lowest BCUT2D eigenvalue weighted by Crippen LogP contribution is -2.49. The van der Waals surface area contributed by atoms with E-state index in [1.54, 1.807) is 5.57 Å². The molecule has 4 aliphatic carbocycles. The van der Waals surface area contributed by atoms with Gasteiger partial charge in [-0.2, -0.15) is 0 Å². The number of fused-ring (bicyclic) bond motifs is 5. The Labute approximate surface area is 151 Å². The summed E-state index contributed by atoms with van der Waals surface area (Å²) in [5.41, 5.74) is 2.74. The Balaban J connectivity index is 1.55. The normalized spacial score (nSPS) is 46.9. The molecule has 0 unspecified atom stereocenters. The van der Waals surface area contributed by atoms with Gasteiger partial charge in [-0.25, -0.2) is 0 Å². The van der Waals surface area contributed by atoms with Crippen molar-refractivity contribution in [3.63, 3.8) is 0 Å². The first kappa shape index (κ1) is 17.1. The van der Waals surface area contributed by atoms with E-state index in [0.717, 1.165) is 30.3 Å². The second-order valence-corrected chi connectivity index (χ2v) is 9.99. The lowest BCUT2D eigenvalue weighted by atomic mass is 9.48. The molecule has 0 amide bonds. The zero-order chi connectivity index (χ0) is 16.8. The number of hydrogen-bond acceptors (Lipinski definition) is 1. The van der Waals surface area contributed by atoms with Crippen molar-refractivity contribution < 1.29 is 4.43 Å². The van der Waals surface area contributed by atoms with Crippen LogP contribution in [0.1, 0.15) is 65.2 Å². The topological polar surface area (TPSA) is 9.23 Å². The van der Waals surface area contributed by atoms with Gasteiger partial charge in [0.1, 0.15) is 0 Å². The standard InChI is InChI=1S/C22H34OSi/c1-21-13-5-4-6-16(21)7-9-18-19-10-8-17(12-15-23-24-3)22(19,2)14-11-20(18)21/h4,6-7,17-20H,5,8-15H2,1-3H3/t17-,18+,19+,20+,21+,22-/m1/s1. The molecule has 0 N–H and O–H groups in total. The molecule has 0 saturated heterocycles. The van der Waals surface area contributed by atoms with Gasteiger partial charge in [-0.05, 0) is 98.0 Å². The summed E-state index contributed by atoms with van der Waals surface area (Å²) >= 11 is 0. The Kier molecular flexibility index (Phi) is 4.58. The van der Waals surface area contributed by atoms with Crippen molar-refractivity contribution in [2.75, 3.05) is 6.61 Å². The number of rotatable bonds is 4. The Morgan fingerprint density at radius 3 is 2.88 bits per heavy atom. The minimum atomic E-state index is 0.476. The molecule has 2 heteroatoms. The highest BCUT2D eigenvalue weighted by Crippen LogP contribution is 2.66. The van der Waals surface area contributed by atoms with Crippen molar-refractivity contribution in [1.29, 1.82) is 0 Å². The van der Waals surface area contributed by atoms with E-state index in [0.29, 0.717) is 20.6 Å². The van der Waals surface area contributed by atoms with Crippen LogP contribution in [0.5, 0.6) is 0 Å². The van der Waals surface area contributed by atoms with Crippen LogP contribution < -0.4 is 0 Å². The summed E-state index contributed by atoms with van der Waals surface area (Å²) in [6.45, 7) is 8.37. The SMILES string of the molecule is C[Si]OCC[C@H]1CC[C@H]2[C@@H]3CC=C4C=CCC[C@]4(C)[C@H]3CC[C@]12C. The van der Waals surface area contributed by atoms with Gasteiger partial charge in [0, 0.05) is 6.61 Å². The third kappa shape index (κ3) is 2.51. The molecule has 1 nitrogen and oxygen atoms in total. The van der Waals surface area contributed by atoms with Gasteiger partial charge in [-0.15, -0.1) is 0 Å². The lowest BCUT2D eigenvalue weighted by Gasteiger charge is -2.57. The van der Waals surface area contributed by atoms with Gasteiger partial charge in [0.15, 0.2) is 0 Å². The molecule has 4 rings (SSSR count). The molecule has 0 aromatic carbocycles. The largest absolute Gasteiger partial charge is 0.418 e. The molecule has 24 heavy (non-hydrogen) atoms. The molecule has 0 spiro atoms. The summed E-state index contributed by atoms with van der Waals surface area (Å²) in [6, 6.07) is 0. The van der Waals surface area contributed by atoms with Gasteiger partial charge in [-0.3, -0.25) is 0 Å². The minimum Gasteiger partial charge on any atom is -0.418 e. The van der Waals surface area contributed by atoms with E-state index in [4.69, 9.17) is 4.43 Å². The monoisotopic (exact) mass is 342 g/mol. The third-order valence-corrected chi connectivity index (χ3v) is 9.05. The Hall–Kier alpha value is -0.343. The quantitative estimate of drug-likeness (QED) is 0.463. The Morgan fingerprint density at radius 1 is 1.17 bits per heavy atom. The van der Waals surface area contributed by atoms with Crippen LogP contribution in [0.25, 0.3) is 0 Å². The molecule has 132 valence electrons. The summed E-state index contributed by atoms with van der Waals surface area (Å²) in [4.78, 5) is 0. The van der Waals surface area contributed by atoms with Crippen LogP contribution in [-0.2, 0) is 4.43 Å². The highest BCUT2D eigenvalue weighted by atomic mass is 28.2. The van der Waals surface area contributed by atoms with Gasteiger partial charge in [0.05, 0.1) is 0 Å². The summed E-state index contributed by atoms with van der Waals surface area (Å²) in [5.74, 6) is 3.76. The predicted molar refractivity (Wildman–Crippen MR) is 102 cm³/mol. The fourth-order valence-electron chi connectivity index (χ4n) is 7.19. The minimum absolute atomic E-state index is 0.476. The van der Waals surface area contributed by atoms with Crippen molar-refractivity contribution in [2.24, 2.45) is 34.5 Å². The van der Waals surface area contributed by atoms with Gasteiger partial charge in [0.25, 0.3) is 0 Å². The highest BCUT2D eigenvalue weighted by molar-refractivity contribution is 6.24. The first-order valence-electron chi connectivity index (χ1n) is 10.3. The summed E-state index contributed by atoms with van der Waals surface area (Å²) < 4.78 is 5.72. The smallest absolute Gasteiger partial charge is 0.226 e. The number of hydrogen-bond donors (Lipinski definition) is 0. The summed E-state index contributed by atoms with van der Waals surface area (Å²) in [6.07, 6.45) is 18.7. The first-order valence-corrected chi connectivity index (χ1v) is 11.7. The van der Waals surface area contributed by atoms with Crippen LogP contribution in [-0.4, -0.2) is 16.4 Å². The zero-order valence-corrected chi connectivity index (χ0v) is 16.8. The average Bonchev–Trinajstić information content (AvgIpc) is 2.91. The zero-order valence-electron chi connectivity index (χ0n) is 15.8. The van der Waals surface area contributed by atoms with Crippen LogP contribution in [0.15, 0.2) is 23.8 Å². The fourth-order valence-corrected chi connectivity index (χ4v) is 7.51. The van der Waals surface area contributed by atoms with E-state index in [9.17, 15) is 0 Å². The van der Waals surface area contributed by atoms with E-state index in [-0.39, 0.29) is 0 Å². The van der Waals surface area contributed by atoms with Gasteiger partial charge in [0.2, 0.25) is 9.76 Å². The average molecular weight is 343 g/mol. The van der Waals surface area contributed by atoms with Crippen LogP contribution >= 0.6 is 0 Å². The van der Waals surface area contributed by atoms with Crippen LogP contribution in [0.3, 0.4) is 0 Å². The van der Waals surface area contributed by atoms with Crippen molar-refractivity contribution in [3.05, 3.63) is 23.8 Å². The highest BCUT2D eigenvalue weighted by Gasteiger charge is 2.57. The maximum atomic E-state index is 5.72. The first-order chi connectivity index (χ1) is 11.6. The Bertz CT molecular complexity index is 538. The molecule has 2 saturated carbocycles. The molecular formula is C22H34OSi. The van der Waals surface area contributed by atoms with Crippen LogP contribution in [0.2, 0.25) is 6.55 Å². The molecule has 0 aliphatic heterocycles. The summed E-state index contributed by atoms with van der Waals surface area (Å²) in [7, 11) is 0.653. The molecule has 0 aromatic heterocycles. The fraction of sp³-hybridized carbons (Fsp3) is 0.818. The molecule has 6 atom stereocenters. The maximum absolute atomic E-state index is 5.72. The molecule has 2 fully saturated rings. The summed E-state index contributed by atoms with van der Waals surface area (Å²) in [5, 5.41) is 0. The van der Waals surface area contributed by atoms with E-state index < -0.39 is 0 Å². The van der Waals surface area contributed by atoms with Crippen LogP contribution in [0.4, 0.5) is 0 Å². The van der Waals surface area contributed by atoms with Gasteiger partial charge < -0.3 is 4.43 Å². The molecule has 0 aromatic rings. The number of allylic oxidation sites excluding steroid dienone is 4. The third-order valence-electron chi connectivity index (χ3n) is 8.56. The lowest BCUT2D eigenvalue weighted by molar-refractivity contribution is -0.0382. The molecule has 0 heterocycles. The van der Waals surface area contributed by atoms with Crippen molar-refractivity contribution >= 4 is 9.76 Å². The van der Waals surface area contributed by atoms with Gasteiger partial charge in [-0.1, -0.05) is 32.1 Å². The van der Waals surface area contributed by atoms with Gasteiger partial charge >= 0.3 is 0 Å². The molecule has 4 aliphatic rings. The van der Waals surface area contributed by atoms with Crippen molar-refractivity contribution in [2.45, 2.75) is 71.8 Å². The molecule has 0 bridgehead atoms. The maximum Gasteiger partial charge on any atom is 0.226 e.